The fraction of sp³-hybridized carbons (Fsp3) is 0.767. The van der Waals surface area contributed by atoms with Gasteiger partial charge in [-0.25, -0.2) is 0 Å². The Morgan fingerprint density at radius 1 is 1.03 bits per heavy atom. The summed E-state index contributed by atoms with van der Waals surface area (Å²) in [5, 5.41) is 22.0. The van der Waals surface area contributed by atoms with E-state index in [9.17, 15) is 15.0 Å². The summed E-state index contributed by atoms with van der Waals surface area (Å²) in [4.78, 5) is 12.4. The summed E-state index contributed by atoms with van der Waals surface area (Å²) in [6.45, 7) is 7.13. The van der Waals surface area contributed by atoms with E-state index in [4.69, 9.17) is 4.74 Å². The lowest BCUT2D eigenvalue weighted by atomic mass is 9.43. The van der Waals surface area contributed by atoms with Crippen LogP contribution in [0.1, 0.15) is 85.0 Å². The van der Waals surface area contributed by atoms with Crippen molar-refractivity contribution < 1.29 is 19.7 Å². The van der Waals surface area contributed by atoms with Gasteiger partial charge in [0.05, 0.1) is 12.2 Å². The molecule has 0 amide bonds. The van der Waals surface area contributed by atoms with E-state index in [2.05, 4.69) is 20.8 Å². The third-order valence-corrected chi connectivity index (χ3v) is 11.3. The van der Waals surface area contributed by atoms with Crippen molar-refractivity contribution in [1.29, 1.82) is 0 Å². The van der Waals surface area contributed by atoms with Gasteiger partial charge in [0, 0.05) is 6.42 Å². The average molecular weight is 469 g/mol. The van der Waals surface area contributed by atoms with Gasteiger partial charge in [0.15, 0.2) is 0 Å². The largest absolute Gasteiger partial charge is 0.427 e. The van der Waals surface area contributed by atoms with Crippen LogP contribution < -0.4 is 4.74 Å². The zero-order valence-electron chi connectivity index (χ0n) is 21.3. The van der Waals surface area contributed by atoms with E-state index in [1.54, 1.807) is 0 Å². The summed E-state index contributed by atoms with van der Waals surface area (Å²) in [5.41, 5.74) is 0.219. The lowest BCUT2D eigenvalue weighted by molar-refractivity contribution is -0.175. The predicted octanol–water partition coefficient (Wildman–Crippen LogP) is 6.00. The Bertz CT molecular complexity index is 870. The van der Waals surface area contributed by atoms with Crippen LogP contribution in [0.25, 0.3) is 0 Å². The summed E-state index contributed by atoms with van der Waals surface area (Å²) in [6.07, 6.45) is 9.62. The Labute approximate surface area is 205 Å². The SMILES string of the molecule is C[C@H](CCC(=O)Oc1ccccc1)[C@H]1CCC2C3CC[C@@H]4C[C@H](O)CC[C@]4(C)C3C[C@H](O)[C@@]21C. The summed E-state index contributed by atoms with van der Waals surface area (Å²) in [6, 6.07) is 9.32. The lowest BCUT2D eigenvalue weighted by Crippen LogP contribution is -2.58. The molecule has 1 aromatic carbocycles. The highest BCUT2D eigenvalue weighted by molar-refractivity contribution is 5.72. The van der Waals surface area contributed by atoms with E-state index in [0.717, 1.165) is 38.5 Å². The molecule has 10 atom stereocenters. The summed E-state index contributed by atoms with van der Waals surface area (Å²) in [5.74, 6) is 3.77. The van der Waals surface area contributed by atoms with Crippen LogP contribution in [0.4, 0.5) is 0 Å². The topological polar surface area (TPSA) is 66.8 Å². The molecular weight excluding hydrogens is 424 g/mol. The van der Waals surface area contributed by atoms with Gasteiger partial charge >= 0.3 is 5.97 Å². The Hall–Kier alpha value is -1.39. The average Bonchev–Trinajstić information content (AvgIpc) is 3.18. The van der Waals surface area contributed by atoms with Crippen molar-refractivity contribution in [3.8, 4) is 5.75 Å². The van der Waals surface area contributed by atoms with Gasteiger partial charge in [-0.3, -0.25) is 4.79 Å². The lowest BCUT2D eigenvalue weighted by Gasteiger charge is -2.62. The quantitative estimate of drug-likeness (QED) is 0.411. The monoisotopic (exact) mass is 468 g/mol. The molecule has 188 valence electrons. The minimum absolute atomic E-state index is 0.0543. The van der Waals surface area contributed by atoms with Gasteiger partial charge in [-0.1, -0.05) is 39.0 Å². The molecule has 4 heteroatoms. The Kier molecular flexibility index (Phi) is 6.61. The van der Waals surface area contributed by atoms with E-state index in [0.29, 0.717) is 47.7 Å². The Balaban J connectivity index is 1.26. The second kappa shape index (κ2) is 9.24. The van der Waals surface area contributed by atoms with Crippen molar-refractivity contribution in [3.63, 3.8) is 0 Å². The minimum Gasteiger partial charge on any atom is -0.427 e. The number of para-hydroxylation sites is 1. The van der Waals surface area contributed by atoms with Crippen LogP contribution in [-0.4, -0.2) is 28.4 Å². The first-order chi connectivity index (χ1) is 16.2. The van der Waals surface area contributed by atoms with Gasteiger partial charge in [0.1, 0.15) is 5.75 Å². The number of fused-ring (bicyclic) bond motifs is 5. The van der Waals surface area contributed by atoms with Crippen LogP contribution in [0.3, 0.4) is 0 Å². The maximum Gasteiger partial charge on any atom is 0.311 e. The molecule has 4 nitrogen and oxygen atoms in total. The van der Waals surface area contributed by atoms with E-state index >= 15 is 0 Å². The first kappa shape index (κ1) is 24.3. The van der Waals surface area contributed by atoms with E-state index in [1.165, 1.54) is 19.3 Å². The maximum atomic E-state index is 12.4. The number of carbonyl (C=O) groups excluding carboxylic acids is 1. The van der Waals surface area contributed by atoms with Crippen LogP contribution in [0, 0.1) is 46.3 Å². The van der Waals surface area contributed by atoms with Crippen molar-refractivity contribution in [2.45, 2.75) is 97.2 Å². The molecule has 4 fully saturated rings. The van der Waals surface area contributed by atoms with Crippen LogP contribution in [0.15, 0.2) is 30.3 Å². The smallest absolute Gasteiger partial charge is 0.311 e. The first-order valence-corrected chi connectivity index (χ1v) is 13.8. The molecule has 0 radical (unpaired) electrons. The number of aliphatic hydroxyl groups excluding tert-OH is 2. The van der Waals surface area contributed by atoms with Crippen molar-refractivity contribution in [1.82, 2.24) is 0 Å². The number of benzene rings is 1. The molecule has 3 unspecified atom stereocenters. The molecule has 0 aromatic heterocycles. The van der Waals surface area contributed by atoms with E-state index in [1.807, 2.05) is 30.3 Å². The van der Waals surface area contributed by atoms with Crippen LogP contribution >= 0.6 is 0 Å². The summed E-state index contributed by atoms with van der Waals surface area (Å²) in [7, 11) is 0. The van der Waals surface area contributed by atoms with Crippen LogP contribution in [-0.2, 0) is 4.79 Å². The highest BCUT2D eigenvalue weighted by atomic mass is 16.5. The Morgan fingerprint density at radius 3 is 2.56 bits per heavy atom. The summed E-state index contributed by atoms with van der Waals surface area (Å²) >= 11 is 0. The standard InChI is InChI=1S/C30H44O4/c1-19(9-14-28(33)34-22-7-5-4-6-8-22)24-12-13-25-23-11-10-20-17-21(31)15-16-29(20,2)26(23)18-27(32)30(24,25)3/h4-8,19-21,23-27,31-32H,9-18H2,1-3H3/t19-,20-,21-,23?,24-,25?,26?,27+,29+,30-/m1/s1. The van der Waals surface area contributed by atoms with Gasteiger partial charge < -0.3 is 14.9 Å². The molecule has 0 heterocycles. The van der Waals surface area contributed by atoms with Crippen LogP contribution in [0.5, 0.6) is 5.75 Å². The van der Waals surface area contributed by atoms with Crippen LogP contribution in [0.2, 0.25) is 0 Å². The van der Waals surface area contributed by atoms with E-state index < -0.39 is 0 Å². The second-order valence-electron chi connectivity index (χ2n) is 12.7. The molecule has 0 aliphatic heterocycles. The zero-order chi connectivity index (χ0) is 24.1. The molecular formula is C30H44O4. The minimum atomic E-state index is -0.271. The van der Waals surface area contributed by atoms with Crippen molar-refractivity contribution in [3.05, 3.63) is 30.3 Å². The second-order valence-corrected chi connectivity index (χ2v) is 12.7. The summed E-state index contributed by atoms with van der Waals surface area (Å²) < 4.78 is 5.51. The molecule has 4 aliphatic rings. The normalized spacial score (nSPS) is 44.4. The zero-order valence-corrected chi connectivity index (χ0v) is 21.3. The number of ether oxygens (including phenoxy) is 1. The first-order valence-electron chi connectivity index (χ1n) is 13.8. The van der Waals surface area contributed by atoms with E-state index in [-0.39, 0.29) is 29.0 Å². The number of aliphatic hydroxyl groups is 2. The number of esters is 1. The molecule has 0 bridgehead atoms. The fourth-order valence-corrected chi connectivity index (χ4v) is 9.38. The highest BCUT2D eigenvalue weighted by Crippen LogP contribution is 2.68. The van der Waals surface area contributed by atoms with Crippen molar-refractivity contribution in [2.75, 3.05) is 0 Å². The molecule has 5 rings (SSSR count). The highest BCUT2D eigenvalue weighted by Gasteiger charge is 2.63. The maximum absolute atomic E-state index is 12.4. The fourth-order valence-electron chi connectivity index (χ4n) is 9.38. The van der Waals surface area contributed by atoms with Crippen molar-refractivity contribution in [2.24, 2.45) is 46.3 Å². The molecule has 0 saturated heterocycles. The van der Waals surface area contributed by atoms with Gasteiger partial charge in [-0.05, 0) is 116 Å². The third-order valence-electron chi connectivity index (χ3n) is 11.3. The van der Waals surface area contributed by atoms with Gasteiger partial charge in [0.25, 0.3) is 0 Å². The van der Waals surface area contributed by atoms with Crippen molar-refractivity contribution >= 4 is 5.97 Å². The van der Waals surface area contributed by atoms with Gasteiger partial charge in [-0.2, -0.15) is 0 Å². The van der Waals surface area contributed by atoms with Gasteiger partial charge in [-0.15, -0.1) is 0 Å². The molecule has 4 saturated carbocycles. The molecule has 1 aromatic rings. The number of hydrogen-bond donors (Lipinski definition) is 2. The number of carbonyl (C=O) groups is 1. The number of rotatable bonds is 5. The third kappa shape index (κ3) is 4.03. The molecule has 4 aliphatic carbocycles. The predicted molar refractivity (Wildman–Crippen MR) is 133 cm³/mol. The number of hydrogen-bond acceptors (Lipinski definition) is 4. The molecule has 34 heavy (non-hydrogen) atoms. The molecule has 2 N–H and O–H groups in total. The molecule has 0 spiro atoms. The van der Waals surface area contributed by atoms with Gasteiger partial charge in [0.2, 0.25) is 0 Å². The Morgan fingerprint density at radius 2 is 1.79 bits per heavy atom.